The van der Waals surface area contributed by atoms with E-state index in [0.29, 0.717) is 47.8 Å². The smallest absolute Gasteiger partial charge is 0.275 e. The van der Waals surface area contributed by atoms with Crippen molar-refractivity contribution in [2.45, 2.75) is 0 Å². The lowest BCUT2D eigenvalue weighted by Crippen LogP contribution is -2.43. The zero-order valence-electron chi connectivity index (χ0n) is 16.8. The number of halogens is 1. The summed E-state index contributed by atoms with van der Waals surface area (Å²) in [4.78, 5) is 26.1. The Morgan fingerprint density at radius 2 is 2.00 bits per heavy atom. The molecule has 1 aliphatic heterocycles. The number of hydrogen-bond acceptors (Lipinski definition) is 7. The Kier molecular flexibility index (Phi) is 7.85. The molecule has 3 rings (SSSR count). The van der Waals surface area contributed by atoms with Crippen molar-refractivity contribution in [2.24, 2.45) is 5.10 Å². The van der Waals surface area contributed by atoms with Gasteiger partial charge in [0.15, 0.2) is 18.1 Å². The number of amides is 2. The molecule has 2 amide bonds. The van der Waals surface area contributed by atoms with Crippen LogP contribution in [0.25, 0.3) is 0 Å². The molecule has 10 heteroatoms. The van der Waals surface area contributed by atoms with Gasteiger partial charge in [-0.25, -0.2) is 5.43 Å². The molecular formula is C21H22BrN3O6. The molecule has 0 spiro atoms. The predicted octanol–water partition coefficient (Wildman–Crippen LogP) is 2.16. The molecule has 9 nitrogen and oxygen atoms in total. The molecule has 1 saturated heterocycles. The summed E-state index contributed by atoms with van der Waals surface area (Å²) in [7, 11) is 1.49. The SMILES string of the molecule is COc1cc(/C=N\NC(=O)c2cc(Br)ccc2O)ccc1OCC(=O)N1CCOCC1. The van der Waals surface area contributed by atoms with Gasteiger partial charge in [0.1, 0.15) is 5.75 Å². The number of nitrogens with zero attached hydrogens (tertiary/aromatic N) is 2. The van der Waals surface area contributed by atoms with Crippen molar-refractivity contribution < 1.29 is 28.9 Å². The fourth-order valence-corrected chi connectivity index (χ4v) is 3.20. The second kappa shape index (κ2) is 10.8. The average Bonchev–Trinajstić information content (AvgIpc) is 2.79. The maximum Gasteiger partial charge on any atom is 0.275 e. The molecule has 2 N–H and O–H groups in total. The fourth-order valence-electron chi connectivity index (χ4n) is 2.84. The van der Waals surface area contributed by atoms with Crippen LogP contribution in [-0.2, 0) is 9.53 Å². The van der Waals surface area contributed by atoms with Crippen LogP contribution in [0.2, 0.25) is 0 Å². The van der Waals surface area contributed by atoms with Crippen LogP contribution in [0.1, 0.15) is 15.9 Å². The van der Waals surface area contributed by atoms with Crippen LogP contribution in [0, 0.1) is 0 Å². The number of carbonyl (C=O) groups excluding carboxylic acids is 2. The first-order chi connectivity index (χ1) is 15.0. The lowest BCUT2D eigenvalue weighted by Gasteiger charge is -2.26. The zero-order chi connectivity index (χ0) is 22.2. The van der Waals surface area contributed by atoms with E-state index in [1.807, 2.05) is 0 Å². The molecule has 31 heavy (non-hydrogen) atoms. The molecule has 164 valence electrons. The van der Waals surface area contributed by atoms with Gasteiger partial charge < -0.3 is 24.2 Å². The molecule has 1 fully saturated rings. The first kappa shape index (κ1) is 22.6. The van der Waals surface area contributed by atoms with Crippen LogP contribution >= 0.6 is 15.9 Å². The molecule has 0 aromatic heterocycles. The number of methoxy groups -OCH3 is 1. The van der Waals surface area contributed by atoms with Gasteiger partial charge >= 0.3 is 0 Å². The van der Waals surface area contributed by atoms with E-state index < -0.39 is 5.91 Å². The minimum atomic E-state index is -0.552. The Labute approximate surface area is 187 Å². The van der Waals surface area contributed by atoms with E-state index in [1.54, 1.807) is 29.2 Å². The van der Waals surface area contributed by atoms with E-state index in [2.05, 4.69) is 26.5 Å². The predicted molar refractivity (Wildman–Crippen MR) is 117 cm³/mol. The van der Waals surface area contributed by atoms with Gasteiger partial charge in [-0.15, -0.1) is 0 Å². The number of nitrogens with one attached hydrogen (secondary N) is 1. The number of carbonyl (C=O) groups is 2. The molecule has 0 bridgehead atoms. The second-order valence-corrected chi connectivity index (χ2v) is 7.47. The van der Waals surface area contributed by atoms with E-state index in [0.717, 1.165) is 0 Å². The summed E-state index contributed by atoms with van der Waals surface area (Å²) in [5.74, 6) is 0.0304. The minimum absolute atomic E-state index is 0.0952. The Balaban J connectivity index is 1.59. The molecule has 2 aromatic rings. The number of ether oxygens (including phenoxy) is 3. The van der Waals surface area contributed by atoms with E-state index in [-0.39, 0.29) is 23.8 Å². The summed E-state index contributed by atoms with van der Waals surface area (Å²) in [6.07, 6.45) is 1.43. The number of aromatic hydroxyl groups is 1. The lowest BCUT2D eigenvalue weighted by atomic mass is 10.2. The maximum absolute atomic E-state index is 12.2. The molecule has 0 atom stereocenters. The number of hydrazone groups is 1. The van der Waals surface area contributed by atoms with Crippen LogP contribution in [-0.4, -0.2) is 68.1 Å². The summed E-state index contributed by atoms with van der Waals surface area (Å²) in [5.41, 5.74) is 3.10. The van der Waals surface area contributed by atoms with Crippen molar-refractivity contribution in [3.63, 3.8) is 0 Å². The highest BCUT2D eigenvalue weighted by atomic mass is 79.9. The van der Waals surface area contributed by atoms with Crippen molar-refractivity contribution >= 4 is 34.0 Å². The first-order valence-electron chi connectivity index (χ1n) is 9.46. The third-order valence-corrected chi connectivity index (χ3v) is 4.98. The highest BCUT2D eigenvalue weighted by molar-refractivity contribution is 9.10. The van der Waals surface area contributed by atoms with Gasteiger partial charge in [-0.1, -0.05) is 15.9 Å². The lowest BCUT2D eigenvalue weighted by molar-refractivity contribution is -0.137. The minimum Gasteiger partial charge on any atom is -0.507 e. The van der Waals surface area contributed by atoms with Crippen molar-refractivity contribution in [1.82, 2.24) is 10.3 Å². The number of hydrogen-bond donors (Lipinski definition) is 2. The number of morpholine rings is 1. The molecule has 0 unspecified atom stereocenters. The third kappa shape index (κ3) is 6.19. The number of phenolic OH excluding ortho intramolecular Hbond substituents is 1. The summed E-state index contributed by atoms with van der Waals surface area (Å²) >= 11 is 3.25. The van der Waals surface area contributed by atoms with E-state index in [9.17, 15) is 14.7 Å². The van der Waals surface area contributed by atoms with Crippen LogP contribution in [0.3, 0.4) is 0 Å². The second-order valence-electron chi connectivity index (χ2n) is 6.55. The first-order valence-corrected chi connectivity index (χ1v) is 10.3. The van der Waals surface area contributed by atoms with Crippen LogP contribution < -0.4 is 14.9 Å². The number of phenols is 1. The van der Waals surface area contributed by atoms with Gasteiger partial charge in [-0.05, 0) is 42.0 Å². The van der Waals surface area contributed by atoms with Crippen molar-refractivity contribution in [2.75, 3.05) is 40.0 Å². The molecule has 0 aliphatic carbocycles. The third-order valence-electron chi connectivity index (χ3n) is 4.49. The van der Waals surface area contributed by atoms with E-state index in [4.69, 9.17) is 14.2 Å². The largest absolute Gasteiger partial charge is 0.507 e. The molecule has 0 radical (unpaired) electrons. The van der Waals surface area contributed by atoms with Gasteiger partial charge in [0.25, 0.3) is 11.8 Å². The fraction of sp³-hybridized carbons (Fsp3) is 0.286. The molecule has 1 heterocycles. The standard InChI is InChI=1S/C21H22BrN3O6/c1-29-19-10-14(12-23-24-21(28)16-11-15(22)3-4-17(16)26)2-5-18(19)31-13-20(27)25-6-8-30-9-7-25/h2-5,10-12,26H,6-9,13H2,1H3,(H,24,28)/b23-12-. The normalized spacial score (nSPS) is 13.8. The van der Waals surface area contributed by atoms with Crippen molar-refractivity contribution in [3.05, 3.63) is 52.0 Å². The maximum atomic E-state index is 12.2. The van der Waals surface area contributed by atoms with E-state index in [1.165, 1.54) is 25.5 Å². The van der Waals surface area contributed by atoms with Gasteiger partial charge in [0, 0.05) is 17.6 Å². The van der Waals surface area contributed by atoms with Gasteiger partial charge in [-0.3, -0.25) is 9.59 Å². The summed E-state index contributed by atoms with van der Waals surface area (Å²) in [6.45, 7) is 2.06. The van der Waals surface area contributed by atoms with Crippen LogP contribution in [0.4, 0.5) is 0 Å². The van der Waals surface area contributed by atoms with Gasteiger partial charge in [-0.2, -0.15) is 5.10 Å². The summed E-state index contributed by atoms with van der Waals surface area (Å²) in [6, 6.07) is 9.57. The molecular weight excluding hydrogens is 470 g/mol. The highest BCUT2D eigenvalue weighted by Crippen LogP contribution is 2.27. The molecule has 0 saturated carbocycles. The van der Waals surface area contributed by atoms with Gasteiger partial charge in [0.2, 0.25) is 0 Å². The topological polar surface area (TPSA) is 110 Å². The van der Waals surface area contributed by atoms with E-state index >= 15 is 0 Å². The quantitative estimate of drug-likeness (QED) is 0.453. The van der Waals surface area contributed by atoms with Crippen molar-refractivity contribution in [3.8, 4) is 17.2 Å². The Morgan fingerprint density at radius 1 is 1.23 bits per heavy atom. The van der Waals surface area contributed by atoms with Crippen LogP contribution in [0.5, 0.6) is 17.2 Å². The van der Waals surface area contributed by atoms with Crippen LogP contribution in [0.15, 0.2) is 46.0 Å². The molecule has 2 aromatic carbocycles. The molecule has 1 aliphatic rings. The highest BCUT2D eigenvalue weighted by Gasteiger charge is 2.18. The Hall–Kier alpha value is -3.11. The average molecular weight is 492 g/mol. The number of benzene rings is 2. The number of rotatable bonds is 7. The van der Waals surface area contributed by atoms with Crippen molar-refractivity contribution in [1.29, 1.82) is 0 Å². The summed E-state index contributed by atoms with van der Waals surface area (Å²) in [5, 5.41) is 13.7. The Bertz CT molecular complexity index is 976. The monoisotopic (exact) mass is 491 g/mol. The van der Waals surface area contributed by atoms with Gasteiger partial charge in [0.05, 0.1) is 32.1 Å². The zero-order valence-corrected chi connectivity index (χ0v) is 18.4. The summed E-state index contributed by atoms with van der Waals surface area (Å²) < 4.78 is 16.8. The Morgan fingerprint density at radius 3 is 2.74 bits per heavy atom.